The van der Waals surface area contributed by atoms with Crippen molar-refractivity contribution in [1.82, 2.24) is 15.0 Å². The van der Waals surface area contributed by atoms with E-state index in [1.165, 1.54) is 87.5 Å². The lowest BCUT2D eigenvalue weighted by Gasteiger charge is -2.17. The van der Waals surface area contributed by atoms with Gasteiger partial charge in [0.1, 0.15) is 6.04 Å². The molecule has 0 aliphatic carbocycles. The summed E-state index contributed by atoms with van der Waals surface area (Å²) >= 11 is 0. The Labute approximate surface area is 198 Å². The zero-order chi connectivity index (χ0) is 23.3. The van der Waals surface area contributed by atoms with Gasteiger partial charge in [0.15, 0.2) is 0 Å². The van der Waals surface area contributed by atoms with Crippen LogP contribution in [0.3, 0.4) is 0 Å². The van der Waals surface area contributed by atoms with Crippen LogP contribution in [0, 0.1) is 0 Å². The van der Waals surface area contributed by atoms with Gasteiger partial charge in [-0.1, -0.05) is 107 Å². The summed E-state index contributed by atoms with van der Waals surface area (Å²) in [5.41, 5.74) is 2.24. The maximum absolute atomic E-state index is 11.4. The second-order valence-electron chi connectivity index (χ2n) is 9.43. The molecule has 1 aromatic carbocycles. The lowest BCUT2D eigenvalue weighted by Crippen LogP contribution is -2.28. The predicted molar refractivity (Wildman–Crippen MR) is 131 cm³/mol. The van der Waals surface area contributed by atoms with Crippen molar-refractivity contribution in [1.29, 1.82) is 0 Å². The van der Waals surface area contributed by atoms with E-state index in [1.807, 2.05) is 12.1 Å². The monoisotopic (exact) mass is 455 g/mol. The maximum Gasteiger partial charge on any atom is 0.407 e. The fraction of sp³-hybridized carbons (Fsp3) is 0.667. The van der Waals surface area contributed by atoms with Crippen LogP contribution in [-0.2, 0) is 6.42 Å². The molecule has 1 aromatic heterocycles. The standard InChI is InChI=1S/C27H41N3O3/c1-2-3-4-5-6-7-8-9-10-11-12-13-15-22-17-19-23(20-18-22)25-28-26(33-29-25)24-16-14-21-30(24)27(31)32/h17-20,24H,2-16,21H2,1H3,(H,31,32). The smallest absolute Gasteiger partial charge is 0.407 e. The minimum atomic E-state index is -0.931. The van der Waals surface area contributed by atoms with Gasteiger partial charge in [0.25, 0.3) is 0 Å². The lowest BCUT2D eigenvalue weighted by atomic mass is 10.0. The van der Waals surface area contributed by atoms with Crippen LogP contribution in [0.5, 0.6) is 0 Å². The summed E-state index contributed by atoms with van der Waals surface area (Å²) in [6.45, 7) is 2.79. The number of aryl methyl sites for hydroxylation is 1. The highest BCUT2D eigenvalue weighted by atomic mass is 16.5. The molecule has 6 nitrogen and oxygen atoms in total. The number of carbonyl (C=O) groups is 1. The van der Waals surface area contributed by atoms with Crippen LogP contribution in [-0.4, -0.2) is 32.8 Å². The largest absolute Gasteiger partial charge is 0.465 e. The average Bonchev–Trinajstić information content (AvgIpc) is 3.50. The number of hydrogen-bond acceptors (Lipinski definition) is 4. The zero-order valence-electron chi connectivity index (χ0n) is 20.3. The third-order valence-corrected chi connectivity index (χ3v) is 6.76. The maximum atomic E-state index is 11.4. The van der Waals surface area contributed by atoms with Crippen molar-refractivity contribution >= 4 is 6.09 Å². The van der Waals surface area contributed by atoms with Crippen molar-refractivity contribution in [2.24, 2.45) is 0 Å². The second-order valence-corrected chi connectivity index (χ2v) is 9.43. The van der Waals surface area contributed by atoms with Gasteiger partial charge in [-0.2, -0.15) is 4.98 Å². The molecule has 0 spiro atoms. The molecule has 182 valence electrons. The molecule has 0 bridgehead atoms. The van der Waals surface area contributed by atoms with Crippen molar-refractivity contribution in [3.05, 3.63) is 35.7 Å². The van der Waals surface area contributed by atoms with Gasteiger partial charge < -0.3 is 9.63 Å². The Kier molecular flexibility index (Phi) is 10.7. The van der Waals surface area contributed by atoms with Gasteiger partial charge in [-0.05, 0) is 31.2 Å². The van der Waals surface area contributed by atoms with Crippen LogP contribution in [0.15, 0.2) is 28.8 Å². The highest BCUT2D eigenvalue weighted by molar-refractivity contribution is 5.66. The molecule has 0 radical (unpaired) electrons. The molecule has 1 fully saturated rings. The summed E-state index contributed by atoms with van der Waals surface area (Å²) in [6.07, 6.45) is 18.2. The molecular weight excluding hydrogens is 414 g/mol. The number of benzene rings is 1. The summed E-state index contributed by atoms with van der Waals surface area (Å²) in [5.74, 6) is 0.921. The second kappa shape index (κ2) is 14.0. The molecule has 1 atom stereocenters. The van der Waals surface area contributed by atoms with Crippen molar-refractivity contribution in [3.8, 4) is 11.4 Å². The van der Waals surface area contributed by atoms with E-state index in [9.17, 15) is 9.90 Å². The molecule has 33 heavy (non-hydrogen) atoms. The summed E-state index contributed by atoms with van der Waals surface area (Å²) in [5, 5.41) is 13.4. The first-order valence-corrected chi connectivity index (χ1v) is 13.1. The van der Waals surface area contributed by atoms with E-state index in [0.29, 0.717) is 18.3 Å². The van der Waals surface area contributed by atoms with Gasteiger partial charge in [-0.25, -0.2) is 4.79 Å². The van der Waals surface area contributed by atoms with E-state index in [1.54, 1.807) is 0 Å². The van der Waals surface area contributed by atoms with E-state index >= 15 is 0 Å². The number of nitrogens with zero attached hydrogens (tertiary/aromatic N) is 3. The van der Waals surface area contributed by atoms with Crippen molar-refractivity contribution in [2.45, 2.75) is 109 Å². The molecular formula is C27H41N3O3. The number of unbranched alkanes of at least 4 members (excludes halogenated alkanes) is 11. The van der Waals surface area contributed by atoms with Crippen LogP contribution in [0.4, 0.5) is 4.79 Å². The van der Waals surface area contributed by atoms with Crippen molar-refractivity contribution in [2.75, 3.05) is 6.54 Å². The van der Waals surface area contributed by atoms with E-state index in [2.05, 4.69) is 29.2 Å². The van der Waals surface area contributed by atoms with Gasteiger partial charge in [-0.15, -0.1) is 0 Å². The van der Waals surface area contributed by atoms with Gasteiger partial charge >= 0.3 is 6.09 Å². The normalized spacial score (nSPS) is 15.9. The Bertz CT molecular complexity index is 818. The number of carboxylic acid groups (broad SMARTS) is 1. The molecule has 1 aliphatic heterocycles. The first kappa shape index (κ1) is 25.3. The highest BCUT2D eigenvalue weighted by Gasteiger charge is 2.34. The molecule has 1 unspecified atom stereocenters. The fourth-order valence-electron chi connectivity index (χ4n) is 4.73. The third kappa shape index (κ3) is 8.17. The first-order valence-electron chi connectivity index (χ1n) is 13.1. The topological polar surface area (TPSA) is 79.5 Å². The van der Waals surface area contributed by atoms with Gasteiger partial charge in [0, 0.05) is 12.1 Å². The van der Waals surface area contributed by atoms with Crippen LogP contribution in [0.25, 0.3) is 11.4 Å². The number of hydrogen-bond donors (Lipinski definition) is 1. The highest BCUT2D eigenvalue weighted by Crippen LogP contribution is 2.32. The van der Waals surface area contributed by atoms with Crippen LogP contribution in [0.1, 0.15) is 114 Å². The molecule has 2 aromatic rings. The summed E-state index contributed by atoms with van der Waals surface area (Å²) in [7, 11) is 0. The van der Waals surface area contributed by atoms with Crippen LogP contribution < -0.4 is 0 Å². The average molecular weight is 456 g/mol. The molecule has 1 amide bonds. The fourth-order valence-corrected chi connectivity index (χ4v) is 4.73. The number of likely N-dealkylation sites (tertiary alicyclic amines) is 1. The Morgan fingerprint density at radius 1 is 0.970 bits per heavy atom. The molecule has 1 aliphatic rings. The van der Waals surface area contributed by atoms with E-state index in [4.69, 9.17) is 4.52 Å². The quantitative estimate of drug-likeness (QED) is 0.277. The SMILES string of the molecule is CCCCCCCCCCCCCCc1ccc(-c2noc(C3CCCN3C(=O)O)n2)cc1. The summed E-state index contributed by atoms with van der Waals surface area (Å²) < 4.78 is 5.40. The van der Waals surface area contributed by atoms with Gasteiger partial charge in [0.2, 0.25) is 11.7 Å². The minimum absolute atomic E-state index is 0.325. The van der Waals surface area contributed by atoms with Gasteiger partial charge in [0.05, 0.1) is 0 Å². The third-order valence-electron chi connectivity index (χ3n) is 6.76. The van der Waals surface area contributed by atoms with Crippen LogP contribution >= 0.6 is 0 Å². The number of rotatable bonds is 15. The van der Waals surface area contributed by atoms with Crippen LogP contribution in [0.2, 0.25) is 0 Å². The van der Waals surface area contributed by atoms with E-state index in [-0.39, 0.29) is 6.04 Å². The lowest BCUT2D eigenvalue weighted by molar-refractivity contribution is 0.131. The molecule has 3 rings (SSSR count). The van der Waals surface area contributed by atoms with Gasteiger partial charge in [-0.3, -0.25) is 4.90 Å². The van der Waals surface area contributed by atoms with E-state index in [0.717, 1.165) is 24.8 Å². The molecule has 1 saturated heterocycles. The Morgan fingerprint density at radius 3 is 2.18 bits per heavy atom. The Hall–Kier alpha value is -2.37. The zero-order valence-corrected chi connectivity index (χ0v) is 20.3. The minimum Gasteiger partial charge on any atom is -0.465 e. The Balaban J connectivity index is 1.31. The molecule has 0 saturated carbocycles. The number of aromatic nitrogens is 2. The number of amides is 1. The van der Waals surface area contributed by atoms with E-state index < -0.39 is 6.09 Å². The van der Waals surface area contributed by atoms with Crippen molar-refractivity contribution in [3.63, 3.8) is 0 Å². The molecule has 6 heteroatoms. The molecule has 2 heterocycles. The molecule has 1 N–H and O–H groups in total. The summed E-state index contributed by atoms with van der Waals surface area (Å²) in [4.78, 5) is 17.2. The predicted octanol–water partition coefficient (Wildman–Crippen LogP) is 7.80. The Morgan fingerprint density at radius 2 is 1.58 bits per heavy atom. The summed E-state index contributed by atoms with van der Waals surface area (Å²) in [6, 6.07) is 8.03. The first-order chi connectivity index (χ1) is 16.2. The van der Waals surface area contributed by atoms with Crippen molar-refractivity contribution < 1.29 is 14.4 Å².